The van der Waals surface area contributed by atoms with Crippen LogP contribution in [0.3, 0.4) is 0 Å². The molecule has 6 nitrogen and oxygen atoms in total. The lowest BCUT2D eigenvalue weighted by Crippen LogP contribution is -2.28. The Bertz CT molecular complexity index is 775. The van der Waals surface area contributed by atoms with Crippen LogP contribution in [-0.2, 0) is 11.3 Å². The zero-order chi connectivity index (χ0) is 17.6. The minimum Gasteiger partial charge on any atom is -0.492 e. The van der Waals surface area contributed by atoms with Crippen LogP contribution in [0.2, 0.25) is 0 Å². The second-order valence-electron chi connectivity index (χ2n) is 6.47. The minimum atomic E-state index is -2.47. The maximum atomic E-state index is 13.3. The van der Waals surface area contributed by atoms with Gasteiger partial charge in [0.25, 0.3) is 5.92 Å². The molecule has 1 saturated heterocycles. The molecule has 0 amide bonds. The molecule has 1 saturated carbocycles. The number of rotatable bonds is 6. The molecule has 2 aromatic rings. The van der Waals surface area contributed by atoms with Crippen LogP contribution in [-0.4, -0.2) is 45.6 Å². The van der Waals surface area contributed by atoms with Gasteiger partial charge in [-0.1, -0.05) is 17.9 Å². The Labute approximate surface area is 144 Å². The summed E-state index contributed by atoms with van der Waals surface area (Å²) < 4.78 is 33.5. The molecule has 8 heteroatoms. The average molecular weight is 347 g/mol. The van der Waals surface area contributed by atoms with Crippen LogP contribution >= 0.6 is 0 Å². The number of hydrogen-bond acceptors (Lipinski definition) is 5. The first kappa shape index (κ1) is 16.0. The number of hydrogen-bond donors (Lipinski definition) is 0. The van der Waals surface area contributed by atoms with Crippen LogP contribution in [0.5, 0.6) is 0 Å². The van der Waals surface area contributed by atoms with Crippen LogP contribution in [0.4, 0.5) is 14.6 Å². The van der Waals surface area contributed by atoms with E-state index in [0.29, 0.717) is 37.7 Å². The van der Waals surface area contributed by atoms with Crippen molar-refractivity contribution in [1.82, 2.24) is 20.0 Å². The quantitative estimate of drug-likeness (QED) is 0.751. The van der Waals surface area contributed by atoms with Crippen molar-refractivity contribution >= 4 is 11.6 Å². The van der Waals surface area contributed by atoms with E-state index in [0.717, 1.165) is 11.4 Å². The third-order valence-electron chi connectivity index (χ3n) is 4.82. The summed E-state index contributed by atoms with van der Waals surface area (Å²) in [6.07, 6.45) is 3.51. The summed E-state index contributed by atoms with van der Waals surface area (Å²) in [6.45, 7) is 7.50. The third-order valence-corrected chi connectivity index (χ3v) is 4.82. The van der Waals surface area contributed by atoms with Crippen LogP contribution in [0.25, 0.3) is 5.76 Å². The largest absolute Gasteiger partial charge is 0.492 e. The molecule has 1 aliphatic carbocycles. The molecule has 25 heavy (non-hydrogen) atoms. The van der Waals surface area contributed by atoms with Crippen molar-refractivity contribution < 1.29 is 13.5 Å². The standard InChI is InChI=1S/C17H19F2N5O/c1-3-25-11(2)15-10-24(22-21-15)7-12-4-5-16(20-6-12)23-8-13-14(9-23)17(13,18)19/h4-6,10,13-14H,2-3,7-9H2,1H3. The number of anilines is 1. The zero-order valence-electron chi connectivity index (χ0n) is 13.9. The van der Waals surface area contributed by atoms with Crippen molar-refractivity contribution in [1.29, 1.82) is 0 Å². The molecule has 2 unspecified atom stereocenters. The summed E-state index contributed by atoms with van der Waals surface area (Å²) in [5.41, 5.74) is 1.56. The molecular formula is C17H19F2N5O. The summed E-state index contributed by atoms with van der Waals surface area (Å²) in [4.78, 5) is 6.33. The Morgan fingerprint density at radius 1 is 1.36 bits per heavy atom. The molecule has 2 aliphatic rings. The molecule has 3 heterocycles. The lowest BCUT2D eigenvalue weighted by Gasteiger charge is -2.20. The first-order valence-electron chi connectivity index (χ1n) is 8.29. The number of alkyl halides is 2. The van der Waals surface area contributed by atoms with Gasteiger partial charge >= 0.3 is 0 Å². The predicted octanol–water partition coefficient (Wildman–Crippen LogP) is 2.43. The Kier molecular flexibility index (Phi) is 3.70. The van der Waals surface area contributed by atoms with Gasteiger partial charge in [-0.25, -0.2) is 18.4 Å². The van der Waals surface area contributed by atoms with Gasteiger partial charge in [-0.3, -0.25) is 0 Å². The molecule has 0 radical (unpaired) electrons. The van der Waals surface area contributed by atoms with Gasteiger partial charge in [0.15, 0.2) is 0 Å². The van der Waals surface area contributed by atoms with Gasteiger partial charge in [0.1, 0.15) is 17.3 Å². The Morgan fingerprint density at radius 2 is 2.12 bits per heavy atom. The summed E-state index contributed by atoms with van der Waals surface area (Å²) in [5.74, 6) is -2.23. The fourth-order valence-corrected chi connectivity index (χ4v) is 3.33. The van der Waals surface area contributed by atoms with E-state index < -0.39 is 17.8 Å². The van der Waals surface area contributed by atoms with E-state index in [1.807, 2.05) is 24.0 Å². The molecule has 0 spiro atoms. The van der Waals surface area contributed by atoms with E-state index in [9.17, 15) is 8.78 Å². The molecule has 1 aliphatic heterocycles. The number of ether oxygens (including phenoxy) is 1. The lowest BCUT2D eigenvalue weighted by molar-refractivity contribution is 0.0797. The van der Waals surface area contributed by atoms with Crippen molar-refractivity contribution in [2.75, 3.05) is 24.6 Å². The molecule has 2 aromatic heterocycles. The SMILES string of the molecule is C=C(OCC)c1cn(Cc2ccc(N3CC4C(C3)C4(F)F)nc2)nn1. The van der Waals surface area contributed by atoms with Crippen LogP contribution in [0.1, 0.15) is 18.2 Å². The van der Waals surface area contributed by atoms with E-state index in [2.05, 4.69) is 21.9 Å². The lowest BCUT2D eigenvalue weighted by atomic mass is 10.2. The maximum Gasteiger partial charge on any atom is 0.258 e. The number of halogens is 2. The predicted molar refractivity (Wildman–Crippen MR) is 88.2 cm³/mol. The highest BCUT2D eigenvalue weighted by Gasteiger charge is 2.71. The van der Waals surface area contributed by atoms with E-state index in [1.165, 1.54) is 0 Å². The summed E-state index contributed by atoms with van der Waals surface area (Å²) in [5, 5.41) is 8.08. The van der Waals surface area contributed by atoms with Crippen LogP contribution in [0, 0.1) is 11.8 Å². The van der Waals surface area contributed by atoms with Gasteiger partial charge in [-0.05, 0) is 18.6 Å². The fourth-order valence-electron chi connectivity index (χ4n) is 3.33. The smallest absolute Gasteiger partial charge is 0.258 e. The fraction of sp³-hybridized carbons (Fsp3) is 0.471. The highest BCUT2D eigenvalue weighted by atomic mass is 19.3. The third kappa shape index (κ3) is 2.85. The topological polar surface area (TPSA) is 56.1 Å². The number of pyridine rings is 1. The molecule has 132 valence electrons. The van der Waals surface area contributed by atoms with Crippen LogP contribution in [0.15, 0.2) is 31.1 Å². The first-order chi connectivity index (χ1) is 12.0. The van der Waals surface area contributed by atoms with E-state index in [1.54, 1.807) is 17.1 Å². The Morgan fingerprint density at radius 3 is 2.76 bits per heavy atom. The van der Waals surface area contributed by atoms with E-state index >= 15 is 0 Å². The van der Waals surface area contributed by atoms with Gasteiger partial charge in [-0.2, -0.15) is 0 Å². The second kappa shape index (κ2) is 5.79. The average Bonchev–Trinajstić information content (AvgIpc) is 3.05. The second-order valence-corrected chi connectivity index (χ2v) is 6.47. The Hall–Kier alpha value is -2.51. The van der Waals surface area contributed by atoms with Crippen molar-refractivity contribution in [3.63, 3.8) is 0 Å². The molecule has 4 rings (SSSR count). The zero-order valence-corrected chi connectivity index (χ0v) is 13.9. The maximum absolute atomic E-state index is 13.3. The van der Waals surface area contributed by atoms with Gasteiger partial charge in [0, 0.05) is 19.3 Å². The van der Waals surface area contributed by atoms with Crippen molar-refractivity contribution in [3.05, 3.63) is 42.4 Å². The van der Waals surface area contributed by atoms with E-state index in [-0.39, 0.29) is 0 Å². The highest BCUT2D eigenvalue weighted by Crippen LogP contribution is 2.59. The molecule has 2 atom stereocenters. The Balaban J connectivity index is 1.38. The first-order valence-corrected chi connectivity index (χ1v) is 8.29. The van der Waals surface area contributed by atoms with E-state index in [4.69, 9.17) is 4.74 Å². The number of fused-ring (bicyclic) bond motifs is 1. The minimum absolute atomic E-state index is 0.385. The normalized spacial score (nSPS) is 23.4. The number of aromatic nitrogens is 4. The highest BCUT2D eigenvalue weighted by molar-refractivity contribution is 5.51. The van der Waals surface area contributed by atoms with Crippen LogP contribution < -0.4 is 4.90 Å². The van der Waals surface area contributed by atoms with Crippen molar-refractivity contribution in [2.45, 2.75) is 19.4 Å². The number of nitrogens with zero attached hydrogens (tertiary/aromatic N) is 5. The van der Waals surface area contributed by atoms with Gasteiger partial charge in [0.2, 0.25) is 0 Å². The molecule has 2 fully saturated rings. The van der Waals surface area contributed by atoms with Crippen molar-refractivity contribution in [2.24, 2.45) is 11.8 Å². The monoisotopic (exact) mass is 347 g/mol. The molecular weight excluding hydrogens is 328 g/mol. The van der Waals surface area contributed by atoms with Gasteiger partial charge in [0.05, 0.1) is 31.2 Å². The molecule has 0 aromatic carbocycles. The summed E-state index contributed by atoms with van der Waals surface area (Å²) in [7, 11) is 0. The van der Waals surface area contributed by atoms with Gasteiger partial charge < -0.3 is 9.64 Å². The van der Waals surface area contributed by atoms with Crippen molar-refractivity contribution in [3.8, 4) is 0 Å². The summed E-state index contributed by atoms with van der Waals surface area (Å²) >= 11 is 0. The summed E-state index contributed by atoms with van der Waals surface area (Å²) in [6, 6.07) is 3.80. The molecule has 0 bridgehead atoms. The number of piperidine rings is 1. The molecule has 0 N–H and O–H groups in total. The van der Waals surface area contributed by atoms with Gasteiger partial charge in [-0.15, -0.1) is 5.10 Å².